The zero-order valence-electron chi connectivity index (χ0n) is 9.87. The Bertz CT molecular complexity index is 287. The van der Waals surface area contributed by atoms with Crippen molar-refractivity contribution in [2.75, 3.05) is 11.8 Å². The summed E-state index contributed by atoms with van der Waals surface area (Å²) in [6.07, 6.45) is 3.59. The molecule has 98 valence electrons. The fraction of sp³-hybridized carbons (Fsp3) is 0.538. The van der Waals surface area contributed by atoms with Gasteiger partial charge in [-0.3, -0.25) is 0 Å². The van der Waals surface area contributed by atoms with E-state index in [1.165, 1.54) is 5.56 Å². The summed E-state index contributed by atoms with van der Waals surface area (Å²) >= 11 is 11.6. The molecule has 0 atom stereocenters. The van der Waals surface area contributed by atoms with Crippen LogP contribution in [0, 0.1) is 0 Å². The minimum atomic E-state index is -0.209. The van der Waals surface area contributed by atoms with Crippen molar-refractivity contribution in [2.24, 2.45) is 5.73 Å². The van der Waals surface area contributed by atoms with E-state index >= 15 is 0 Å². The standard InChI is InChI=1S/C13H19Cl2N.BrH/c14-10-8-13(16,9-11-15)7-6-12-4-2-1-3-5-12;/h1-5H,6-11,16H2;1H. The highest BCUT2D eigenvalue weighted by Gasteiger charge is 2.23. The largest absolute Gasteiger partial charge is 0.325 e. The molecule has 4 heteroatoms. The molecule has 0 saturated carbocycles. The number of aryl methyl sites for hydroxylation is 1. The lowest BCUT2D eigenvalue weighted by molar-refractivity contribution is 0.371. The van der Waals surface area contributed by atoms with E-state index in [1.54, 1.807) is 0 Å². The summed E-state index contributed by atoms with van der Waals surface area (Å²) in [5, 5.41) is 0. The quantitative estimate of drug-likeness (QED) is 0.741. The lowest BCUT2D eigenvalue weighted by atomic mass is 9.87. The molecule has 0 spiro atoms. The first kappa shape index (κ1) is 17.2. The topological polar surface area (TPSA) is 26.0 Å². The van der Waals surface area contributed by atoms with Crippen LogP contribution in [-0.2, 0) is 6.42 Å². The average Bonchev–Trinajstić information content (AvgIpc) is 2.29. The van der Waals surface area contributed by atoms with Gasteiger partial charge in [0.1, 0.15) is 0 Å². The number of benzene rings is 1. The van der Waals surface area contributed by atoms with Crippen molar-refractivity contribution in [3.63, 3.8) is 0 Å². The molecule has 17 heavy (non-hydrogen) atoms. The fourth-order valence-electron chi connectivity index (χ4n) is 1.79. The van der Waals surface area contributed by atoms with Gasteiger partial charge in [0.05, 0.1) is 0 Å². The maximum absolute atomic E-state index is 6.30. The lowest BCUT2D eigenvalue weighted by Gasteiger charge is -2.28. The first-order valence-electron chi connectivity index (χ1n) is 5.65. The molecular weight excluding hydrogens is 321 g/mol. The van der Waals surface area contributed by atoms with Crippen LogP contribution in [-0.4, -0.2) is 17.3 Å². The van der Waals surface area contributed by atoms with Crippen LogP contribution in [0.5, 0.6) is 0 Å². The van der Waals surface area contributed by atoms with E-state index in [0.29, 0.717) is 11.8 Å². The molecule has 0 aliphatic heterocycles. The van der Waals surface area contributed by atoms with Gasteiger partial charge in [-0.2, -0.15) is 0 Å². The molecular formula is C13H20BrCl2N. The third-order valence-electron chi connectivity index (χ3n) is 2.94. The van der Waals surface area contributed by atoms with Crippen molar-refractivity contribution in [1.29, 1.82) is 0 Å². The minimum Gasteiger partial charge on any atom is -0.325 e. The van der Waals surface area contributed by atoms with E-state index in [9.17, 15) is 0 Å². The highest BCUT2D eigenvalue weighted by Crippen LogP contribution is 2.21. The fourth-order valence-corrected chi connectivity index (χ4v) is 2.54. The average molecular weight is 341 g/mol. The van der Waals surface area contributed by atoms with Gasteiger partial charge in [-0.05, 0) is 31.2 Å². The predicted octanol–water partition coefficient (Wildman–Crippen LogP) is 4.15. The van der Waals surface area contributed by atoms with Gasteiger partial charge in [-0.15, -0.1) is 40.2 Å². The molecule has 1 aromatic carbocycles. The second kappa shape index (κ2) is 9.21. The second-order valence-electron chi connectivity index (χ2n) is 4.23. The first-order valence-corrected chi connectivity index (χ1v) is 6.72. The molecule has 0 radical (unpaired) electrons. The van der Waals surface area contributed by atoms with Gasteiger partial charge in [-0.25, -0.2) is 0 Å². The zero-order chi connectivity index (χ0) is 11.9. The first-order chi connectivity index (χ1) is 7.70. The third-order valence-corrected chi connectivity index (χ3v) is 3.32. The van der Waals surface area contributed by atoms with Crippen LogP contribution in [0.3, 0.4) is 0 Å². The Morgan fingerprint density at radius 1 is 0.941 bits per heavy atom. The van der Waals surface area contributed by atoms with Gasteiger partial charge in [-0.1, -0.05) is 30.3 Å². The number of rotatable bonds is 7. The van der Waals surface area contributed by atoms with E-state index in [0.717, 1.165) is 25.7 Å². The molecule has 0 amide bonds. The monoisotopic (exact) mass is 339 g/mol. The van der Waals surface area contributed by atoms with E-state index in [-0.39, 0.29) is 22.5 Å². The van der Waals surface area contributed by atoms with Crippen molar-refractivity contribution in [3.8, 4) is 0 Å². The number of hydrogen-bond acceptors (Lipinski definition) is 1. The summed E-state index contributed by atoms with van der Waals surface area (Å²) in [5.41, 5.74) is 7.41. The Balaban J connectivity index is 0.00000256. The molecule has 0 saturated heterocycles. The van der Waals surface area contributed by atoms with Crippen LogP contribution in [0.25, 0.3) is 0 Å². The van der Waals surface area contributed by atoms with Gasteiger partial charge < -0.3 is 5.73 Å². The highest BCUT2D eigenvalue weighted by atomic mass is 79.9. The number of halogens is 3. The smallest absolute Gasteiger partial charge is 0.0240 e. The number of hydrogen-bond donors (Lipinski definition) is 1. The van der Waals surface area contributed by atoms with Crippen LogP contribution in [0.1, 0.15) is 24.8 Å². The van der Waals surface area contributed by atoms with Crippen molar-refractivity contribution in [3.05, 3.63) is 35.9 Å². The Labute approximate surface area is 124 Å². The third kappa shape index (κ3) is 6.66. The molecule has 0 bridgehead atoms. The maximum atomic E-state index is 6.30. The summed E-state index contributed by atoms with van der Waals surface area (Å²) in [6, 6.07) is 10.4. The van der Waals surface area contributed by atoms with Crippen molar-refractivity contribution < 1.29 is 0 Å². The molecule has 1 nitrogen and oxygen atoms in total. The van der Waals surface area contributed by atoms with Crippen LogP contribution in [0.2, 0.25) is 0 Å². The second-order valence-corrected chi connectivity index (χ2v) is 4.98. The minimum absolute atomic E-state index is 0. The van der Waals surface area contributed by atoms with Crippen LogP contribution in [0.15, 0.2) is 30.3 Å². The van der Waals surface area contributed by atoms with Crippen molar-refractivity contribution in [2.45, 2.75) is 31.2 Å². The lowest BCUT2D eigenvalue weighted by Crippen LogP contribution is -2.41. The highest BCUT2D eigenvalue weighted by molar-refractivity contribution is 8.93. The van der Waals surface area contributed by atoms with E-state index in [1.807, 2.05) is 6.07 Å². The van der Waals surface area contributed by atoms with E-state index < -0.39 is 0 Å². The van der Waals surface area contributed by atoms with Gasteiger partial charge in [0.25, 0.3) is 0 Å². The molecule has 2 N–H and O–H groups in total. The molecule has 0 fully saturated rings. The summed E-state index contributed by atoms with van der Waals surface area (Å²) in [6.45, 7) is 0. The van der Waals surface area contributed by atoms with Gasteiger partial charge in [0.2, 0.25) is 0 Å². The van der Waals surface area contributed by atoms with Gasteiger partial charge >= 0.3 is 0 Å². The molecule has 0 aliphatic rings. The van der Waals surface area contributed by atoms with E-state index in [2.05, 4.69) is 24.3 Å². The zero-order valence-corrected chi connectivity index (χ0v) is 13.1. The van der Waals surface area contributed by atoms with Crippen molar-refractivity contribution >= 4 is 40.2 Å². The molecule has 0 aromatic heterocycles. The summed E-state index contributed by atoms with van der Waals surface area (Å²) < 4.78 is 0. The maximum Gasteiger partial charge on any atom is 0.0240 e. The Kier molecular flexibility index (Phi) is 9.34. The molecule has 0 unspecified atom stereocenters. The Hall–Kier alpha value is 0.240. The van der Waals surface area contributed by atoms with Crippen LogP contribution < -0.4 is 5.73 Å². The molecule has 0 heterocycles. The normalized spacial score (nSPS) is 11.0. The van der Waals surface area contributed by atoms with Crippen LogP contribution >= 0.6 is 40.2 Å². The molecule has 1 rings (SSSR count). The van der Waals surface area contributed by atoms with E-state index in [4.69, 9.17) is 28.9 Å². The van der Waals surface area contributed by atoms with Gasteiger partial charge in [0.15, 0.2) is 0 Å². The summed E-state index contributed by atoms with van der Waals surface area (Å²) in [7, 11) is 0. The number of alkyl halides is 2. The number of nitrogens with two attached hydrogens (primary N) is 1. The summed E-state index contributed by atoms with van der Waals surface area (Å²) in [4.78, 5) is 0. The Morgan fingerprint density at radius 2 is 1.47 bits per heavy atom. The van der Waals surface area contributed by atoms with Gasteiger partial charge in [0, 0.05) is 17.3 Å². The summed E-state index contributed by atoms with van der Waals surface area (Å²) in [5.74, 6) is 1.20. The van der Waals surface area contributed by atoms with Crippen molar-refractivity contribution in [1.82, 2.24) is 0 Å². The molecule has 1 aromatic rings. The Morgan fingerprint density at radius 3 is 1.94 bits per heavy atom. The van der Waals surface area contributed by atoms with Crippen LogP contribution in [0.4, 0.5) is 0 Å². The predicted molar refractivity (Wildman–Crippen MR) is 82.7 cm³/mol. The SMILES string of the molecule is Br.NC(CCCl)(CCCl)CCc1ccccc1. The molecule has 0 aliphatic carbocycles.